The van der Waals surface area contributed by atoms with E-state index < -0.39 is 5.69 Å². The zero-order valence-electron chi connectivity index (χ0n) is 15.7. The van der Waals surface area contributed by atoms with Gasteiger partial charge in [0.2, 0.25) is 0 Å². The molecule has 0 bridgehead atoms. The Balaban J connectivity index is 1.79. The number of nitrogens with one attached hydrogen (secondary N) is 2. The molecule has 144 valence electrons. The molecule has 2 N–H and O–H groups in total. The van der Waals surface area contributed by atoms with Gasteiger partial charge in [-0.3, -0.25) is 14.7 Å². The maximum absolute atomic E-state index is 12.6. The van der Waals surface area contributed by atoms with Crippen molar-refractivity contribution in [2.75, 3.05) is 12.0 Å². The van der Waals surface area contributed by atoms with Crippen LogP contribution >= 0.6 is 11.6 Å². The van der Waals surface area contributed by atoms with Gasteiger partial charge in [-0.25, -0.2) is 9.36 Å². The molecule has 0 aliphatic carbocycles. The molecule has 1 unspecified atom stereocenters. The fourth-order valence-electron chi connectivity index (χ4n) is 3.62. The first-order valence-electron chi connectivity index (χ1n) is 9.14. The van der Waals surface area contributed by atoms with Gasteiger partial charge >= 0.3 is 5.69 Å². The smallest absolute Gasteiger partial charge is 0.334 e. The molecule has 28 heavy (non-hydrogen) atoms. The zero-order valence-corrected chi connectivity index (χ0v) is 16.5. The van der Waals surface area contributed by atoms with Crippen molar-refractivity contribution in [1.29, 1.82) is 0 Å². The summed E-state index contributed by atoms with van der Waals surface area (Å²) in [6.07, 6.45) is 0. The minimum Gasteiger partial charge on any atom is -0.358 e. The largest absolute Gasteiger partial charge is 0.358 e. The molecule has 0 amide bonds. The lowest BCUT2D eigenvalue weighted by atomic mass is 10.1. The monoisotopic (exact) mass is 396 g/mol. The van der Waals surface area contributed by atoms with Gasteiger partial charge in [-0.1, -0.05) is 48.0 Å². The summed E-state index contributed by atoms with van der Waals surface area (Å²) in [4.78, 5) is 29.8. The highest BCUT2D eigenvalue weighted by Gasteiger charge is 2.27. The van der Waals surface area contributed by atoms with Crippen molar-refractivity contribution in [3.8, 4) is 5.69 Å². The van der Waals surface area contributed by atoms with Crippen LogP contribution in [0.5, 0.6) is 0 Å². The van der Waals surface area contributed by atoms with Crippen LogP contribution in [0.3, 0.4) is 0 Å². The highest BCUT2D eigenvalue weighted by Crippen LogP contribution is 2.29. The van der Waals surface area contributed by atoms with Crippen molar-refractivity contribution in [1.82, 2.24) is 14.5 Å². The van der Waals surface area contributed by atoms with Crippen LogP contribution in [-0.4, -0.2) is 21.1 Å². The average Bonchev–Trinajstić information content (AvgIpc) is 2.71. The van der Waals surface area contributed by atoms with E-state index in [0.717, 1.165) is 5.56 Å². The maximum Gasteiger partial charge on any atom is 0.334 e. The van der Waals surface area contributed by atoms with E-state index in [1.165, 1.54) is 10.1 Å². The highest BCUT2D eigenvalue weighted by molar-refractivity contribution is 6.31. The standard InChI is InChI=1S/C21H21ClN4O2/c1-13-17(22)9-6-10-18(13)26-19-16(20(27)24-21(26)28)11-25(12-23-19)14(2)15-7-4-3-5-8-15/h3-10,14,23H,11-12H2,1-2H3,(H,24,27,28). The van der Waals surface area contributed by atoms with Gasteiger partial charge in [0.15, 0.2) is 0 Å². The normalized spacial score (nSPS) is 15.0. The van der Waals surface area contributed by atoms with Crippen molar-refractivity contribution < 1.29 is 0 Å². The minimum atomic E-state index is -0.480. The Kier molecular flexibility index (Phi) is 4.83. The summed E-state index contributed by atoms with van der Waals surface area (Å²) in [7, 11) is 0. The van der Waals surface area contributed by atoms with Crippen molar-refractivity contribution in [2.45, 2.75) is 26.4 Å². The van der Waals surface area contributed by atoms with E-state index in [1.807, 2.05) is 31.2 Å². The van der Waals surface area contributed by atoms with Gasteiger partial charge in [0, 0.05) is 17.6 Å². The topological polar surface area (TPSA) is 70.1 Å². The molecule has 2 heterocycles. The molecule has 1 atom stereocenters. The number of anilines is 1. The number of hydrogen-bond acceptors (Lipinski definition) is 4. The highest BCUT2D eigenvalue weighted by atomic mass is 35.5. The van der Waals surface area contributed by atoms with Crippen molar-refractivity contribution >= 4 is 17.4 Å². The lowest BCUT2D eigenvalue weighted by Gasteiger charge is -2.35. The van der Waals surface area contributed by atoms with E-state index in [1.54, 1.807) is 12.1 Å². The van der Waals surface area contributed by atoms with Gasteiger partial charge in [0.05, 0.1) is 17.9 Å². The second-order valence-corrected chi connectivity index (χ2v) is 7.38. The summed E-state index contributed by atoms with van der Waals surface area (Å²) in [5.74, 6) is 0.524. The lowest BCUT2D eigenvalue weighted by Crippen LogP contribution is -2.43. The van der Waals surface area contributed by atoms with E-state index in [4.69, 9.17) is 11.6 Å². The number of rotatable bonds is 3. The van der Waals surface area contributed by atoms with Crippen LogP contribution in [0, 0.1) is 6.92 Å². The predicted molar refractivity (Wildman–Crippen MR) is 111 cm³/mol. The summed E-state index contributed by atoms with van der Waals surface area (Å²) < 4.78 is 1.50. The molecule has 1 aliphatic heterocycles. The second kappa shape index (κ2) is 7.30. The fourth-order valence-corrected chi connectivity index (χ4v) is 3.79. The first-order valence-corrected chi connectivity index (χ1v) is 9.51. The Bertz CT molecular complexity index is 1140. The summed E-state index contributed by atoms with van der Waals surface area (Å²) in [5, 5.41) is 3.85. The molecule has 1 aromatic heterocycles. The molecule has 0 saturated carbocycles. The SMILES string of the molecule is Cc1c(Cl)cccc1-n1c2c(c(=O)[nH]c1=O)CN(C(C)c1ccccc1)CN2. The number of benzene rings is 2. The first kappa shape index (κ1) is 18.5. The molecule has 0 radical (unpaired) electrons. The van der Waals surface area contributed by atoms with Crippen LogP contribution in [0.15, 0.2) is 58.1 Å². The molecule has 6 nitrogen and oxygen atoms in total. The Labute approximate surface area is 167 Å². The molecule has 3 aromatic rings. The molecule has 4 rings (SSSR count). The van der Waals surface area contributed by atoms with Crippen LogP contribution < -0.4 is 16.6 Å². The molecular formula is C21H21ClN4O2. The number of halogens is 1. The summed E-state index contributed by atoms with van der Waals surface area (Å²) in [6, 6.07) is 15.6. The van der Waals surface area contributed by atoms with Gasteiger partial charge in [0.1, 0.15) is 5.82 Å². The number of aromatic nitrogens is 2. The average molecular weight is 397 g/mol. The Morgan fingerprint density at radius 2 is 1.82 bits per heavy atom. The van der Waals surface area contributed by atoms with Crippen LogP contribution in [0.2, 0.25) is 5.02 Å². The van der Waals surface area contributed by atoms with Gasteiger partial charge in [0.25, 0.3) is 5.56 Å². The fraction of sp³-hybridized carbons (Fsp3) is 0.238. The van der Waals surface area contributed by atoms with Gasteiger partial charge in [-0.05, 0) is 37.1 Å². The molecule has 1 aliphatic rings. The van der Waals surface area contributed by atoms with E-state index >= 15 is 0 Å². The van der Waals surface area contributed by atoms with E-state index in [-0.39, 0.29) is 11.6 Å². The Hall–Kier alpha value is -2.83. The third-order valence-corrected chi connectivity index (χ3v) is 5.74. The zero-order chi connectivity index (χ0) is 19.8. The van der Waals surface area contributed by atoms with Gasteiger partial charge in [-0.15, -0.1) is 0 Å². The van der Waals surface area contributed by atoms with E-state index in [2.05, 4.69) is 34.3 Å². The van der Waals surface area contributed by atoms with Gasteiger partial charge in [-0.2, -0.15) is 0 Å². The van der Waals surface area contributed by atoms with Gasteiger partial charge < -0.3 is 5.32 Å². The summed E-state index contributed by atoms with van der Waals surface area (Å²) >= 11 is 6.25. The summed E-state index contributed by atoms with van der Waals surface area (Å²) in [5.41, 5.74) is 2.29. The number of aromatic amines is 1. The molecular weight excluding hydrogens is 376 g/mol. The number of H-pyrrole nitrogens is 1. The third-order valence-electron chi connectivity index (χ3n) is 5.33. The van der Waals surface area contributed by atoms with Crippen molar-refractivity contribution in [3.63, 3.8) is 0 Å². The van der Waals surface area contributed by atoms with Crippen LogP contribution in [0.1, 0.15) is 29.7 Å². The van der Waals surface area contributed by atoms with E-state index in [9.17, 15) is 9.59 Å². The first-order chi connectivity index (χ1) is 13.5. The maximum atomic E-state index is 12.6. The van der Waals surface area contributed by atoms with Crippen molar-refractivity contribution in [3.05, 3.63) is 91.1 Å². The second-order valence-electron chi connectivity index (χ2n) is 6.97. The molecule has 7 heteroatoms. The van der Waals surface area contributed by atoms with E-state index in [0.29, 0.717) is 35.3 Å². The minimum absolute atomic E-state index is 0.120. The van der Waals surface area contributed by atoms with Crippen molar-refractivity contribution in [2.24, 2.45) is 0 Å². The Morgan fingerprint density at radius 1 is 1.07 bits per heavy atom. The summed E-state index contributed by atoms with van der Waals surface area (Å²) in [6.45, 7) is 4.92. The third kappa shape index (κ3) is 3.15. The predicted octanol–water partition coefficient (Wildman–Crippen LogP) is 3.43. The van der Waals surface area contributed by atoms with Crippen LogP contribution in [-0.2, 0) is 6.54 Å². The number of fused-ring (bicyclic) bond motifs is 1. The molecule has 0 saturated heterocycles. The molecule has 2 aromatic carbocycles. The lowest BCUT2D eigenvalue weighted by molar-refractivity contribution is 0.207. The Morgan fingerprint density at radius 3 is 2.57 bits per heavy atom. The quantitative estimate of drug-likeness (QED) is 0.711. The molecule has 0 spiro atoms. The number of hydrogen-bond donors (Lipinski definition) is 2. The van der Waals surface area contributed by atoms with Crippen LogP contribution in [0.25, 0.3) is 5.69 Å². The molecule has 0 fully saturated rings. The van der Waals surface area contributed by atoms with Crippen LogP contribution in [0.4, 0.5) is 5.82 Å². The number of nitrogens with zero attached hydrogens (tertiary/aromatic N) is 2.